The molecule has 4 rings (SSSR count). The number of aryl methyl sites for hydroxylation is 1. The fraction of sp³-hybridized carbons (Fsp3) is 0.586. The van der Waals surface area contributed by atoms with Crippen LogP contribution in [0.1, 0.15) is 65.0 Å². The van der Waals surface area contributed by atoms with Gasteiger partial charge in [0.1, 0.15) is 17.0 Å². The molecule has 7 heteroatoms. The van der Waals surface area contributed by atoms with Crippen LogP contribution < -0.4 is 4.74 Å². The highest BCUT2D eigenvalue weighted by atomic mass is 32.2. The molecule has 2 aromatic rings. The van der Waals surface area contributed by atoms with E-state index in [0.717, 1.165) is 54.2 Å². The first-order valence-electron chi connectivity index (χ1n) is 12.9. The molecule has 1 spiro atoms. The van der Waals surface area contributed by atoms with Crippen LogP contribution in [0.3, 0.4) is 0 Å². The van der Waals surface area contributed by atoms with Gasteiger partial charge in [-0.2, -0.15) is 11.8 Å². The molecule has 0 bridgehead atoms. The van der Waals surface area contributed by atoms with E-state index in [4.69, 9.17) is 14.5 Å². The van der Waals surface area contributed by atoms with Gasteiger partial charge in [0.15, 0.2) is 0 Å². The first kappa shape index (κ1) is 26.8. The summed E-state index contributed by atoms with van der Waals surface area (Å²) >= 11 is 1.83. The Bertz CT molecular complexity index is 1050. The molecular weight excluding hydrogens is 472 g/mol. The number of carbonyl (C=O) groups excluding carboxylic acids is 1. The number of fused-ring (bicyclic) bond motifs is 1. The Kier molecular flexibility index (Phi) is 7.91. The molecule has 6 nitrogen and oxygen atoms in total. The SMILES string of the molecule is CC(C)(CO)CSCc1ccc(-c2ccc3c(c2)CCC2(CCN(C(=O)OC(C)(C)C)CC2)O3)nc1. The molecule has 1 aromatic heterocycles. The number of benzene rings is 1. The second kappa shape index (κ2) is 10.6. The van der Waals surface area contributed by atoms with Gasteiger partial charge in [-0.1, -0.05) is 19.9 Å². The molecule has 1 amide bonds. The maximum Gasteiger partial charge on any atom is 0.410 e. The van der Waals surface area contributed by atoms with E-state index in [0.29, 0.717) is 13.1 Å². The molecule has 2 aliphatic heterocycles. The van der Waals surface area contributed by atoms with Crippen LogP contribution in [0.25, 0.3) is 11.3 Å². The van der Waals surface area contributed by atoms with Gasteiger partial charge in [-0.15, -0.1) is 0 Å². The maximum atomic E-state index is 12.4. The molecule has 0 radical (unpaired) electrons. The van der Waals surface area contributed by atoms with Crippen molar-refractivity contribution in [1.29, 1.82) is 0 Å². The Morgan fingerprint density at radius 1 is 1.14 bits per heavy atom. The van der Waals surface area contributed by atoms with Gasteiger partial charge >= 0.3 is 6.09 Å². The lowest BCUT2D eigenvalue weighted by atomic mass is 9.83. The number of piperidine rings is 1. The zero-order valence-corrected chi connectivity index (χ0v) is 23.1. The lowest BCUT2D eigenvalue weighted by Crippen LogP contribution is -2.52. The molecule has 2 aliphatic rings. The first-order chi connectivity index (χ1) is 17.0. The average Bonchev–Trinajstić information content (AvgIpc) is 2.83. The minimum absolute atomic E-state index is 0.0586. The second-order valence-electron chi connectivity index (χ2n) is 11.9. The van der Waals surface area contributed by atoms with E-state index in [1.807, 2.05) is 38.7 Å². The van der Waals surface area contributed by atoms with E-state index in [1.165, 1.54) is 11.1 Å². The van der Waals surface area contributed by atoms with E-state index in [2.05, 4.69) is 44.2 Å². The normalized spacial score (nSPS) is 17.4. The van der Waals surface area contributed by atoms with Crippen molar-refractivity contribution in [2.75, 3.05) is 25.4 Å². The molecule has 1 fully saturated rings. The van der Waals surface area contributed by atoms with Crippen molar-refractivity contribution in [3.8, 4) is 17.0 Å². The number of aliphatic hydroxyl groups excluding tert-OH is 1. The van der Waals surface area contributed by atoms with Crippen molar-refractivity contribution in [1.82, 2.24) is 9.88 Å². The van der Waals surface area contributed by atoms with Crippen LogP contribution in [0, 0.1) is 5.41 Å². The highest BCUT2D eigenvalue weighted by Gasteiger charge is 2.41. The number of pyridine rings is 1. The maximum absolute atomic E-state index is 12.4. The Morgan fingerprint density at radius 3 is 2.53 bits per heavy atom. The van der Waals surface area contributed by atoms with Crippen molar-refractivity contribution in [2.45, 2.75) is 77.3 Å². The average molecular weight is 513 g/mol. The third-order valence-electron chi connectivity index (χ3n) is 6.87. The summed E-state index contributed by atoms with van der Waals surface area (Å²) in [6.07, 6.45) is 5.29. The number of carbonyl (C=O) groups is 1. The van der Waals surface area contributed by atoms with Crippen LogP contribution in [-0.2, 0) is 16.9 Å². The number of likely N-dealkylation sites (tertiary alicyclic amines) is 1. The first-order valence-corrected chi connectivity index (χ1v) is 14.1. The lowest BCUT2D eigenvalue weighted by molar-refractivity contribution is -0.0272. The topological polar surface area (TPSA) is 71.9 Å². The zero-order valence-electron chi connectivity index (χ0n) is 22.3. The Labute approximate surface area is 219 Å². The number of amides is 1. The van der Waals surface area contributed by atoms with Gasteiger partial charge in [0.25, 0.3) is 0 Å². The summed E-state index contributed by atoms with van der Waals surface area (Å²) in [5.41, 5.74) is 3.75. The molecule has 3 heterocycles. The molecule has 196 valence electrons. The van der Waals surface area contributed by atoms with Crippen LogP contribution in [-0.4, -0.2) is 57.7 Å². The van der Waals surface area contributed by atoms with Crippen LogP contribution in [0.15, 0.2) is 36.5 Å². The summed E-state index contributed by atoms with van der Waals surface area (Å²) in [6, 6.07) is 10.6. The predicted octanol–water partition coefficient (Wildman–Crippen LogP) is 6.10. The standard InChI is InChI=1S/C29H40N2O4S/c1-27(2,3)35-26(33)31-14-12-29(13-15-31)11-10-23-16-22(7-9-25(23)34-29)24-8-6-21(17-30-24)18-36-20-28(4,5)19-32/h6-9,16-17,32H,10-15,18-20H2,1-5H3. The summed E-state index contributed by atoms with van der Waals surface area (Å²) < 4.78 is 12.1. The quantitative estimate of drug-likeness (QED) is 0.505. The van der Waals surface area contributed by atoms with E-state index in [9.17, 15) is 9.90 Å². The third-order valence-corrected chi connectivity index (χ3v) is 8.40. The van der Waals surface area contributed by atoms with Crippen LogP contribution >= 0.6 is 11.8 Å². The Balaban J connectivity index is 1.34. The predicted molar refractivity (Wildman–Crippen MR) is 145 cm³/mol. The van der Waals surface area contributed by atoms with E-state index in [1.54, 1.807) is 4.90 Å². The van der Waals surface area contributed by atoms with Gasteiger partial charge in [-0.25, -0.2) is 4.79 Å². The number of aromatic nitrogens is 1. The van der Waals surface area contributed by atoms with Gasteiger partial charge in [0.05, 0.1) is 5.69 Å². The molecule has 0 unspecified atom stereocenters. The smallest absolute Gasteiger partial charge is 0.410 e. The number of hydrogen-bond donors (Lipinski definition) is 1. The van der Waals surface area contributed by atoms with E-state index >= 15 is 0 Å². The number of thioether (sulfide) groups is 1. The highest BCUT2D eigenvalue weighted by molar-refractivity contribution is 7.98. The number of aliphatic hydroxyl groups is 1. The van der Waals surface area contributed by atoms with Crippen LogP contribution in [0.2, 0.25) is 0 Å². The number of ether oxygens (including phenoxy) is 2. The molecule has 1 N–H and O–H groups in total. The van der Waals surface area contributed by atoms with Crippen molar-refractivity contribution in [3.63, 3.8) is 0 Å². The summed E-state index contributed by atoms with van der Waals surface area (Å²) in [5.74, 6) is 2.76. The van der Waals surface area contributed by atoms with Gasteiger partial charge in [0, 0.05) is 55.8 Å². The van der Waals surface area contributed by atoms with Crippen LogP contribution in [0.4, 0.5) is 4.79 Å². The summed E-state index contributed by atoms with van der Waals surface area (Å²) in [5, 5.41) is 9.42. The molecule has 36 heavy (non-hydrogen) atoms. The molecule has 0 aliphatic carbocycles. The number of rotatable bonds is 6. The number of hydrogen-bond acceptors (Lipinski definition) is 6. The highest BCUT2D eigenvalue weighted by Crippen LogP contribution is 2.41. The van der Waals surface area contributed by atoms with Crippen molar-refractivity contribution in [2.24, 2.45) is 5.41 Å². The van der Waals surface area contributed by atoms with Gasteiger partial charge in [-0.05, 0) is 74.4 Å². The second-order valence-corrected chi connectivity index (χ2v) is 12.9. The minimum atomic E-state index is -0.476. The zero-order chi connectivity index (χ0) is 26.0. The Hall–Kier alpha value is -2.25. The molecular formula is C29H40N2O4S. The van der Waals surface area contributed by atoms with E-state index in [-0.39, 0.29) is 23.7 Å². The Morgan fingerprint density at radius 2 is 1.89 bits per heavy atom. The van der Waals surface area contributed by atoms with Gasteiger partial charge in [0.2, 0.25) is 0 Å². The number of nitrogens with zero attached hydrogens (tertiary/aromatic N) is 2. The molecule has 1 aromatic carbocycles. The molecule has 1 saturated heterocycles. The van der Waals surface area contributed by atoms with E-state index < -0.39 is 5.60 Å². The van der Waals surface area contributed by atoms with Gasteiger partial charge in [-0.3, -0.25) is 4.98 Å². The lowest BCUT2D eigenvalue weighted by Gasteiger charge is -2.44. The third kappa shape index (κ3) is 6.74. The summed E-state index contributed by atoms with van der Waals surface area (Å²) in [7, 11) is 0. The van der Waals surface area contributed by atoms with Crippen LogP contribution in [0.5, 0.6) is 5.75 Å². The fourth-order valence-electron chi connectivity index (χ4n) is 4.63. The van der Waals surface area contributed by atoms with Gasteiger partial charge < -0.3 is 19.5 Å². The molecule has 0 saturated carbocycles. The largest absolute Gasteiger partial charge is 0.487 e. The monoisotopic (exact) mass is 512 g/mol. The van der Waals surface area contributed by atoms with Crippen molar-refractivity contribution in [3.05, 3.63) is 47.7 Å². The minimum Gasteiger partial charge on any atom is -0.487 e. The summed E-state index contributed by atoms with van der Waals surface area (Å²) in [6.45, 7) is 11.4. The molecule has 0 atom stereocenters. The van der Waals surface area contributed by atoms with Crippen molar-refractivity contribution >= 4 is 17.9 Å². The van der Waals surface area contributed by atoms with Crippen molar-refractivity contribution < 1.29 is 19.4 Å². The summed E-state index contributed by atoms with van der Waals surface area (Å²) in [4.78, 5) is 18.9. The fourth-order valence-corrected chi connectivity index (χ4v) is 5.78.